The van der Waals surface area contributed by atoms with Crippen molar-refractivity contribution in [3.63, 3.8) is 0 Å². The highest BCUT2D eigenvalue weighted by molar-refractivity contribution is 7.92. The van der Waals surface area contributed by atoms with Gasteiger partial charge in [-0.1, -0.05) is 40.1 Å². The monoisotopic (exact) mass is 511 g/mol. The molecule has 13 heteroatoms. The molecule has 0 unspecified atom stereocenters. The zero-order chi connectivity index (χ0) is 24.6. The van der Waals surface area contributed by atoms with E-state index < -0.39 is 21.7 Å². The van der Waals surface area contributed by atoms with E-state index in [4.69, 9.17) is 16.1 Å². The van der Waals surface area contributed by atoms with Crippen LogP contribution in [0, 0.1) is 0 Å². The van der Waals surface area contributed by atoms with Gasteiger partial charge in [-0.2, -0.15) is 0 Å². The molecule has 2 aromatic heterocycles. The van der Waals surface area contributed by atoms with Gasteiger partial charge in [-0.05, 0) is 48.5 Å². The molecule has 0 atom stereocenters. The second kappa shape index (κ2) is 8.74. The third kappa shape index (κ3) is 4.52. The van der Waals surface area contributed by atoms with Crippen molar-refractivity contribution in [1.29, 1.82) is 0 Å². The Morgan fingerprint density at radius 1 is 0.971 bits per heavy atom. The second-order valence-corrected chi connectivity index (χ2v) is 9.37. The van der Waals surface area contributed by atoms with Crippen LogP contribution in [0.4, 0.5) is 11.4 Å². The van der Waals surface area contributed by atoms with E-state index in [-0.39, 0.29) is 38.8 Å². The second-order valence-electron chi connectivity index (χ2n) is 7.25. The lowest BCUT2D eigenvalue weighted by Gasteiger charge is -2.09. The highest BCUT2D eigenvalue weighted by Gasteiger charge is 2.21. The van der Waals surface area contributed by atoms with Crippen molar-refractivity contribution in [3.8, 4) is 11.4 Å². The topological polar surface area (TPSA) is 160 Å². The third-order valence-electron chi connectivity index (χ3n) is 4.92. The molecule has 3 N–H and O–H groups in total. The fourth-order valence-corrected chi connectivity index (χ4v) is 4.57. The maximum atomic E-state index is 13.1. The molecule has 0 radical (unpaired) electrons. The van der Waals surface area contributed by atoms with Gasteiger partial charge < -0.3 is 9.84 Å². The number of hydrogen-bond acceptors (Lipinski definition) is 8. The Hall–Kier alpha value is -4.42. The van der Waals surface area contributed by atoms with Gasteiger partial charge in [0.1, 0.15) is 0 Å². The summed E-state index contributed by atoms with van der Waals surface area (Å²) in [7, 11) is -3.84. The van der Waals surface area contributed by atoms with E-state index in [9.17, 15) is 18.0 Å². The average Bonchev–Trinajstić information content (AvgIpc) is 3.46. The number of halogens is 1. The van der Waals surface area contributed by atoms with E-state index in [0.29, 0.717) is 10.6 Å². The summed E-state index contributed by atoms with van der Waals surface area (Å²) in [4.78, 5) is 26.9. The van der Waals surface area contributed by atoms with Crippen LogP contribution in [-0.4, -0.2) is 29.6 Å². The first-order valence-electron chi connectivity index (χ1n) is 9.95. The van der Waals surface area contributed by atoms with Crippen molar-refractivity contribution in [1.82, 2.24) is 15.3 Å². The Balaban J connectivity index is 1.46. The van der Waals surface area contributed by atoms with Crippen LogP contribution in [-0.2, 0) is 10.0 Å². The predicted octanol–water partition coefficient (Wildman–Crippen LogP) is 3.88. The van der Waals surface area contributed by atoms with Crippen LogP contribution in [0.25, 0.3) is 22.4 Å². The van der Waals surface area contributed by atoms with Gasteiger partial charge in [0.15, 0.2) is 17.1 Å². The van der Waals surface area contributed by atoms with Gasteiger partial charge in [0.25, 0.3) is 15.9 Å². The van der Waals surface area contributed by atoms with E-state index in [1.807, 2.05) is 0 Å². The van der Waals surface area contributed by atoms with Gasteiger partial charge in [-0.15, -0.1) is 0 Å². The van der Waals surface area contributed by atoms with Crippen LogP contribution in [0.1, 0.15) is 10.5 Å². The van der Waals surface area contributed by atoms with Gasteiger partial charge >= 0.3 is 5.76 Å². The Bertz CT molecular complexity index is 1730. The standard InChI is InChI=1S/C22H14ClN5O6S/c23-12-6-8-17(15(10-12)20-25-22(30)34-27-20)24-21(29)19-16-11-13(7-9-18(16)33-26-19)28-35(31,32)14-4-2-1-3-5-14/h1-11,28H,(H,24,29)(H,25,27,30). The number of aromatic nitrogens is 3. The molecular formula is C22H14ClN5O6S. The molecule has 3 aromatic carbocycles. The Morgan fingerprint density at radius 2 is 1.77 bits per heavy atom. The average molecular weight is 512 g/mol. The van der Waals surface area contributed by atoms with Gasteiger partial charge in [0, 0.05) is 16.3 Å². The molecule has 0 aliphatic heterocycles. The van der Waals surface area contributed by atoms with Crippen LogP contribution < -0.4 is 15.8 Å². The number of aromatic amines is 1. The minimum absolute atomic E-state index is 0.0652. The first kappa shape index (κ1) is 22.4. The van der Waals surface area contributed by atoms with Crippen molar-refractivity contribution in [3.05, 3.63) is 88.0 Å². The summed E-state index contributed by atoms with van der Waals surface area (Å²) in [6.45, 7) is 0. The molecule has 0 bridgehead atoms. The SMILES string of the molecule is O=C(Nc1ccc(Cl)cc1-c1noc(=O)[nH]1)c1noc2ccc(NS(=O)(=O)c3ccccc3)cc12. The molecule has 0 aliphatic carbocycles. The normalized spacial score (nSPS) is 11.5. The fraction of sp³-hybridized carbons (Fsp3) is 0. The van der Waals surface area contributed by atoms with Crippen LogP contribution in [0.2, 0.25) is 5.02 Å². The smallest absolute Gasteiger partial charge is 0.355 e. The number of amides is 1. The van der Waals surface area contributed by atoms with Crippen molar-refractivity contribution in [2.24, 2.45) is 0 Å². The number of fused-ring (bicyclic) bond motifs is 1. The molecular weight excluding hydrogens is 498 g/mol. The third-order valence-corrected chi connectivity index (χ3v) is 6.55. The van der Waals surface area contributed by atoms with Crippen LogP contribution in [0.15, 0.2) is 85.5 Å². The quantitative estimate of drug-likeness (QED) is 0.309. The molecule has 5 aromatic rings. The number of carbonyl (C=O) groups is 1. The molecule has 35 heavy (non-hydrogen) atoms. The van der Waals surface area contributed by atoms with Crippen LogP contribution in [0.3, 0.4) is 0 Å². The number of hydrogen-bond donors (Lipinski definition) is 3. The zero-order valence-corrected chi connectivity index (χ0v) is 19.1. The summed E-state index contributed by atoms with van der Waals surface area (Å²) in [5.41, 5.74) is 0.970. The molecule has 11 nitrogen and oxygen atoms in total. The summed E-state index contributed by atoms with van der Waals surface area (Å²) in [5, 5.41) is 10.7. The maximum absolute atomic E-state index is 13.1. The summed E-state index contributed by atoms with van der Waals surface area (Å²) in [6, 6.07) is 16.8. The summed E-state index contributed by atoms with van der Waals surface area (Å²) < 4.78 is 37.6. The molecule has 2 heterocycles. The van der Waals surface area contributed by atoms with Crippen molar-refractivity contribution < 1.29 is 22.3 Å². The predicted molar refractivity (Wildman–Crippen MR) is 127 cm³/mol. The minimum atomic E-state index is -3.84. The number of nitrogens with one attached hydrogen (secondary N) is 3. The van der Waals surface area contributed by atoms with Gasteiger partial charge in [0.2, 0.25) is 0 Å². The lowest BCUT2D eigenvalue weighted by molar-refractivity contribution is 0.102. The fourth-order valence-electron chi connectivity index (χ4n) is 3.33. The van der Waals surface area contributed by atoms with Gasteiger partial charge in [-0.3, -0.25) is 19.0 Å². The molecule has 0 saturated carbocycles. The Kier molecular flexibility index (Phi) is 5.59. The van der Waals surface area contributed by atoms with Crippen molar-refractivity contribution >= 4 is 49.9 Å². The maximum Gasteiger partial charge on any atom is 0.439 e. The number of benzene rings is 3. The number of carbonyl (C=O) groups excluding carboxylic acids is 1. The molecule has 1 amide bonds. The van der Waals surface area contributed by atoms with E-state index in [1.165, 1.54) is 48.5 Å². The molecule has 176 valence electrons. The summed E-state index contributed by atoms with van der Waals surface area (Å²) >= 11 is 6.06. The van der Waals surface area contributed by atoms with Crippen LogP contribution in [0.5, 0.6) is 0 Å². The van der Waals surface area contributed by atoms with E-state index in [2.05, 4.69) is 29.9 Å². The molecule has 5 rings (SSSR count). The Morgan fingerprint density at radius 3 is 2.51 bits per heavy atom. The number of nitrogens with zero attached hydrogens (tertiary/aromatic N) is 2. The molecule has 0 fully saturated rings. The van der Waals surface area contributed by atoms with Crippen molar-refractivity contribution in [2.75, 3.05) is 10.0 Å². The highest BCUT2D eigenvalue weighted by atomic mass is 35.5. The molecule has 0 spiro atoms. The van der Waals surface area contributed by atoms with Crippen LogP contribution >= 0.6 is 11.6 Å². The first-order chi connectivity index (χ1) is 16.8. The number of rotatable bonds is 6. The van der Waals surface area contributed by atoms with E-state index in [1.54, 1.807) is 18.2 Å². The molecule has 0 aliphatic rings. The minimum Gasteiger partial charge on any atom is -0.355 e. The number of H-pyrrole nitrogens is 1. The molecule has 0 saturated heterocycles. The Labute approximate surface area is 201 Å². The zero-order valence-electron chi connectivity index (χ0n) is 17.5. The van der Waals surface area contributed by atoms with Gasteiger partial charge in [-0.25, -0.2) is 13.2 Å². The highest BCUT2D eigenvalue weighted by Crippen LogP contribution is 2.30. The summed E-state index contributed by atoms with van der Waals surface area (Å²) in [6.07, 6.45) is 0. The lowest BCUT2D eigenvalue weighted by Crippen LogP contribution is -2.14. The lowest BCUT2D eigenvalue weighted by atomic mass is 10.1. The number of anilines is 2. The largest absolute Gasteiger partial charge is 0.439 e. The van der Waals surface area contributed by atoms with Gasteiger partial charge in [0.05, 0.1) is 16.0 Å². The van der Waals surface area contributed by atoms with E-state index >= 15 is 0 Å². The summed E-state index contributed by atoms with van der Waals surface area (Å²) in [5.74, 6) is -1.36. The van der Waals surface area contributed by atoms with E-state index in [0.717, 1.165) is 0 Å². The first-order valence-corrected chi connectivity index (χ1v) is 11.8. The van der Waals surface area contributed by atoms with Crippen molar-refractivity contribution in [2.45, 2.75) is 4.90 Å². The number of sulfonamides is 1.